The Balaban J connectivity index is 1.93. The van der Waals surface area contributed by atoms with Gasteiger partial charge in [0.1, 0.15) is 5.54 Å². The molecular weight excluding hydrogens is 358 g/mol. The number of nitrogens with one attached hydrogen (secondary N) is 2. The Kier molecular flexibility index (Phi) is 4.17. The number of benzene rings is 1. The van der Waals surface area contributed by atoms with E-state index in [1.165, 1.54) is 4.90 Å². The first-order valence-electron chi connectivity index (χ1n) is 9.91. The van der Waals surface area contributed by atoms with E-state index in [4.69, 9.17) is 0 Å². The molecule has 3 N–H and O–H groups in total. The van der Waals surface area contributed by atoms with Crippen molar-refractivity contribution in [2.45, 2.75) is 64.8 Å². The molecule has 1 spiro atoms. The highest BCUT2D eigenvalue weighted by Gasteiger charge is 2.71. The van der Waals surface area contributed by atoms with Crippen LogP contribution >= 0.6 is 0 Å². The fourth-order valence-corrected chi connectivity index (χ4v) is 5.10. The van der Waals surface area contributed by atoms with Gasteiger partial charge < -0.3 is 10.4 Å². The van der Waals surface area contributed by atoms with Crippen LogP contribution in [0.5, 0.6) is 0 Å². The third-order valence-corrected chi connectivity index (χ3v) is 6.94. The summed E-state index contributed by atoms with van der Waals surface area (Å²) in [6.07, 6.45) is -0.249. The number of likely N-dealkylation sites (tertiary alicyclic amines) is 1. The van der Waals surface area contributed by atoms with Crippen molar-refractivity contribution in [2.75, 3.05) is 5.32 Å². The zero-order valence-corrected chi connectivity index (χ0v) is 16.9. The zero-order valence-electron chi connectivity index (χ0n) is 16.9. The molecule has 150 valence electrons. The highest BCUT2D eigenvalue weighted by molar-refractivity contribution is 6.15. The summed E-state index contributed by atoms with van der Waals surface area (Å²) in [5.41, 5.74) is 2.02. The van der Waals surface area contributed by atoms with E-state index in [0.29, 0.717) is 17.7 Å². The molecule has 6 atom stereocenters. The summed E-state index contributed by atoms with van der Waals surface area (Å²) < 4.78 is 0. The molecule has 1 aromatic rings. The lowest BCUT2D eigenvalue weighted by molar-refractivity contribution is -0.145. The van der Waals surface area contributed by atoms with Gasteiger partial charge in [-0.05, 0) is 45.2 Å². The van der Waals surface area contributed by atoms with Gasteiger partial charge in [0, 0.05) is 23.3 Å². The standard InChI is InChI=1S/C21H27N3O4/c1-6-10(3)24-18(26)14-15(19(24)27)21(23-17(14)12(5)25)13-8-7-9(2)11(4)16(13)22-20(21)28/h7-8,10,12,14-15,17,23,25H,6H2,1-5H3,(H,22,28)/t10-,12+,14-,15-,17-,21-/m0/s1. The second-order valence-corrected chi connectivity index (χ2v) is 8.41. The lowest BCUT2D eigenvalue weighted by Crippen LogP contribution is -2.55. The quantitative estimate of drug-likeness (QED) is 0.679. The molecule has 3 aliphatic heterocycles. The number of nitrogens with zero attached hydrogens (tertiary/aromatic N) is 1. The van der Waals surface area contributed by atoms with Crippen molar-refractivity contribution in [3.8, 4) is 0 Å². The van der Waals surface area contributed by atoms with Gasteiger partial charge in [0.15, 0.2) is 0 Å². The first kappa shape index (κ1) is 19.1. The average Bonchev–Trinajstić information content (AvgIpc) is 3.24. The number of hydrogen-bond donors (Lipinski definition) is 3. The van der Waals surface area contributed by atoms with Crippen molar-refractivity contribution in [1.82, 2.24) is 10.2 Å². The molecule has 2 saturated heterocycles. The molecule has 0 aromatic heterocycles. The molecule has 3 heterocycles. The molecule has 0 bridgehead atoms. The van der Waals surface area contributed by atoms with Gasteiger partial charge >= 0.3 is 0 Å². The van der Waals surface area contributed by atoms with Gasteiger partial charge in [0.2, 0.25) is 17.7 Å². The predicted octanol–water partition coefficient (Wildman–Crippen LogP) is 1.20. The fourth-order valence-electron chi connectivity index (χ4n) is 5.10. The molecule has 28 heavy (non-hydrogen) atoms. The number of imide groups is 1. The molecule has 0 unspecified atom stereocenters. The highest BCUT2D eigenvalue weighted by Crippen LogP contribution is 2.54. The third kappa shape index (κ3) is 2.14. The topological polar surface area (TPSA) is 98.7 Å². The van der Waals surface area contributed by atoms with E-state index in [9.17, 15) is 19.5 Å². The molecule has 0 saturated carbocycles. The van der Waals surface area contributed by atoms with Crippen LogP contribution in [0.1, 0.15) is 43.9 Å². The number of fused-ring (bicyclic) bond motifs is 4. The second-order valence-electron chi connectivity index (χ2n) is 8.41. The lowest BCUT2D eigenvalue weighted by atomic mass is 9.76. The number of aliphatic hydroxyl groups is 1. The predicted molar refractivity (Wildman–Crippen MR) is 103 cm³/mol. The summed E-state index contributed by atoms with van der Waals surface area (Å²) in [6, 6.07) is 2.86. The van der Waals surface area contributed by atoms with Crippen LogP contribution in [-0.4, -0.2) is 45.9 Å². The smallest absolute Gasteiger partial charge is 0.250 e. The Hall–Kier alpha value is -2.25. The number of hydrogen-bond acceptors (Lipinski definition) is 5. The number of rotatable bonds is 3. The molecule has 2 fully saturated rings. The van der Waals surface area contributed by atoms with Crippen LogP contribution in [0.3, 0.4) is 0 Å². The summed E-state index contributed by atoms with van der Waals surface area (Å²) in [7, 11) is 0. The van der Waals surface area contributed by atoms with E-state index < -0.39 is 29.5 Å². The van der Waals surface area contributed by atoms with E-state index >= 15 is 0 Å². The van der Waals surface area contributed by atoms with Crippen molar-refractivity contribution in [1.29, 1.82) is 0 Å². The maximum absolute atomic E-state index is 13.4. The summed E-state index contributed by atoms with van der Waals surface area (Å²) >= 11 is 0. The van der Waals surface area contributed by atoms with Crippen LogP contribution in [0, 0.1) is 25.7 Å². The van der Waals surface area contributed by atoms with Crippen LogP contribution in [-0.2, 0) is 19.9 Å². The van der Waals surface area contributed by atoms with Gasteiger partial charge in [-0.1, -0.05) is 19.1 Å². The average molecular weight is 385 g/mol. The van der Waals surface area contributed by atoms with E-state index in [-0.39, 0.29) is 23.8 Å². The molecule has 3 amide bonds. The van der Waals surface area contributed by atoms with Crippen LogP contribution in [0.2, 0.25) is 0 Å². The Labute approximate surface area is 164 Å². The van der Waals surface area contributed by atoms with Crippen LogP contribution in [0.25, 0.3) is 0 Å². The molecule has 0 aliphatic carbocycles. The molecule has 4 rings (SSSR count). The number of anilines is 1. The SMILES string of the molecule is CC[C@H](C)N1C(=O)[C@@H]2[C@H]([C@@H](C)O)N[C@]3(C(=O)Nc4c3ccc(C)c4C)[C@@H]2C1=O. The number of aryl methyl sites for hydroxylation is 1. The molecule has 3 aliphatic rings. The van der Waals surface area contributed by atoms with E-state index in [0.717, 1.165) is 11.1 Å². The van der Waals surface area contributed by atoms with Crippen LogP contribution in [0.4, 0.5) is 5.69 Å². The molecule has 1 aromatic carbocycles. The monoisotopic (exact) mass is 385 g/mol. The minimum absolute atomic E-state index is 0.249. The van der Waals surface area contributed by atoms with Crippen molar-refractivity contribution in [3.05, 3.63) is 28.8 Å². The number of carbonyl (C=O) groups excluding carboxylic acids is 3. The molecular formula is C21H27N3O4. The van der Waals surface area contributed by atoms with Crippen molar-refractivity contribution < 1.29 is 19.5 Å². The molecule has 7 nitrogen and oxygen atoms in total. The summed E-state index contributed by atoms with van der Waals surface area (Å²) in [5, 5.41) is 16.6. The van der Waals surface area contributed by atoms with E-state index in [2.05, 4.69) is 10.6 Å². The first-order chi connectivity index (χ1) is 13.2. The van der Waals surface area contributed by atoms with Gasteiger partial charge in [0.05, 0.1) is 17.9 Å². The van der Waals surface area contributed by atoms with Gasteiger partial charge in [-0.3, -0.25) is 24.6 Å². The van der Waals surface area contributed by atoms with Gasteiger partial charge in [-0.25, -0.2) is 0 Å². The molecule has 0 radical (unpaired) electrons. The normalized spacial score (nSPS) is 33.3. The minimum Gasteiger partial charge on any atom is -0.392 e. The highest BCUT2D eigenvalue weighted by atomic mass is 16.3. The van der Waals surface area contributed by atoms with Crippen LogP contribution in [0.15, 0.2) is 12.1 Å². The summed E-state index contributed by atoms with van der Waals surface area (Å²) in [4.78, 5) is 41.2. The van der Waals surface area contributed by atoms with Gasteiger partial charge in [-0.15, -0.1) is 0 Å². The summed E-state index contributed by atoms with van der Waals surface area (Å²) in [6.45, 7) is 9.24. The maximum atomic E-state index is 13.4. The van der Waals surface area contributed by atoms with E-state index in [1.54, 1.807) is 6.92 Å². The van der Waals surface area contributed by atoms with Crippen molar-refractivity contribution in [3.63, 3.8) is 0 Å². The van der Waals surface area contributed by atoms with Gasteiger partial charge in [0.25, 0.3) is 0 Å². The summed E-state index contributed by atoms with van der Waals surface area (Å²) in [5.74, 6) is -2.59. The Morgan fingerprint density at radius 3 is 2.46 bits per heavy atom. The lowest BCUT2D eigenvalue weighted by Gasteiger charge is -2.31. The van der Waals surface area contributed by atoms with Crippen LogP contribution < -0.4 is 10.6 Å². The van der Waals surface area contributed by atoms with Gasteiger partial charge in [-0.2, -0.15) is 0 Å². The third-order valence-electron chi connectivity index (χ3n) is 6.94. The zero-order chi connectivity index (χ0) is 20.5. The van der Waals surface area contributed by atoms with Crippen molar-refractivity contribution in [2.24, 2.45) is 11.8 Å². The first-order valence-corrected chi connectivity index (χ1v) is 9.91. The van der Waals surface area contributed by atoms with Crippen molar-refractivity contribution >= 4 is 23.4 Å². The Morgan fingerprint density at radius 1 is 1.18 bits per heavy atom. The fraction of sp³-hybridized carbons (Fsp3) is 0.571. The minimum atomic E-state index is -1.34. The van der Waals surface area contributed by atoms with E-state index in [1.807, 2.05) is 39.8 Å². The largest absolute Gasteiger partial charge is 0.392 e. The number of aliphatic hydroxyl groups excluding tert-OH is 1. The second kappa shape index (κ2) is 6.12. The Morgan fingerprint density at radius 2 is 1.86 bits per heavy atom. The number of carbonyl (C=O) groups is 3. The number of amides is 3. The Bertz CT molecular complexity index is 896. The molecule has 7 heteroatoms. The maximum Gasteiger partial charge on any atom is 0.250 e.